The summed E-state index contributed by atoms with van der Waals surface area (Å²) in [6, 6.07) is 20.2. The first-order chi connectivity index (χ1) is 31.6. The molecule has 9 atom stereocenters. The van der Waals surface area contributed by atoms with E-state index < -0.39 is 48.4 Å². The first-order valence-electron chi connectivity index (χ1n) is 25.0. The van der Waals surface area contributed by atoms with Crippen LogP contribution in [-0.4, -0.2) is 91.2 Å². The van der Waals surface area contributed by atoms with Crippen LogP contribution in [0.4, 0.5) is 0 Å². The van der Waals surface area contributed by atoms with Crippen molar-refractivity contribution in [1.29, 1.82) is 0 Å². The monoisotopic (exact) mass is 1030 g/mol. The van der Waals surface area contributed by atoms with Crippen LogP contribution in [-0.2, 0) is 30.1 Å². The summed E-state index contributed by atoms with van der Waals surface area (Å²) in [5.74, 6) is 0. The van der Waals surface area contributed by atoms with Crippen LogP contribution in [0, 0.1) is 32.5 Å². The van der Waals surface area contributed by atoms with E-state index in [2.05, 4.69) is 62.3 Å². The molecule has 12 nitrogen and oxygen atoms in total. The van der Waals surface area contributed by atoms with E-state index in [0.29, 0.717) is 34.3 Å². The molecule has 3 saturated carbocycles. The maximum absolute atomic E-state index is 13.1. The summed E-state index contributed by atoms with van der Waals surface area (Å²) in [5.41, 5.74) is 3.03. The molecule has 0 radical (unpaired) electrons. The predicted molar refractivity (Wildman–Crippen MR) is 278 cm³/mol. The van der Waals surface area contributed by atoms with Gasteiger partial charge in [0.15, 0.2) is 0 Å². The minimum Gasteiger partial charge on any atom is -0.389 e. The minimum absolute atomic E-state index is 0. The van der Waals surface area contributed by atoms with Gasteiger partial charge in [0.25, 0.3) is 0 Å². The van der Waals surface area contributed by atoms with Crippen LogP contribution in [0.25, 0.3) is 0 Å². The molecule has 3 aromatic carbocycles. The molecule has 6 aliphatic rings. The van der Waals surface area contributed by atoms with E-state index in [1.165, 1.54) is 0 Å². The number of fused-ring (bicyclic) bond motifs is 6. The summed E-state index contributed by atoms with van der Waals surface area (Å²) in [4.78, 5) is 0.988. The lowest BCUT2D eigenvalue weighted by Crippen LogP contribution is -2.37. The van der Waals surface area contributed by atoms with Crippen LogP contribution < -0.4 is 0 Å². The van der Waals surface area contributed by atoms with Gasteiger partial charge >= 0.3 is 0 Å². The SMILES string of the molecule is C.CC(O)c1ccc(S(=O)(=O)N2CC3(C)CC2CC(C)(C)C3)cc1.CC(O)c1ccc(S(=O)(=O)N2CC3(C)CC2CC(C)(C)C3)cc1.CC(O)c1ccc(S(=O)(=O)N2CC3(C)CC2CC(C)(C)C3)cc1. The van der Waals surface area contributed by atoms with Gasteiger partial charge in [0.1, 0.15) is 0 Å². The number of hydrogen-bond donors (Lipinski definition) is 3. The summed E-state index contributed by atoms with van der Waals surface area (Å²) >= 11 is 0. The lowest BCUT2D eigenvalue weighted by Gasteiger charge is -2.39. The van der Waals surface area contributed by atoms with E-state index in [1.807, 2.05) is 0 Å². The largest absolute Gasteiger partial charge is 0.389 e. The van der Waals surface area contributed by atoms with Crippen LogP contribution >= 0.6 is 0 Å². The van der Waals surface area contributed by atoms with Gasteiger partial charge in [-0.2, -0.15) is 12.9 Å². The van der Waals surface area contributed by atoms with Gasteiger partial charge in [-0.05, 0) is 164 Å². The summed E-state index contributed by atoms with van der Waals surface area (Å²) in [6.07, 6.45) is 7.11. The summed E-state index contributed by atoms with van der Waals surface area (Å²) in [6.45, 7) is 27.0. The standard InChI is InChI=1S/3C18H27NO3S.CH4/c3*1-13(20)14-5-7-16(8-6-14)23(21,22)19-12-18(4)10-15(19)9-17(2,3)11-18;/h3*5-8,13,15,20H,9-12H2,1-4H3;1H4. The van der Waals surface area contributed by atoms with Crippen LogP contribution in [0.2, 0.25) is 0 Å². The number of aliphatic hydroxyl groups excluding tert-OH is 3. The second kappa shape index (κ2) is 19.5. The maximum Gasteiger partial charge on any atom is 0.243 e. The molecule has 3 heterocycles. The number of benzene rings is 3. The van der Waals surface area contributed by atoms with Crippen molar-refractivity contribution in [2.75, 3.05) is 19.6 Å². The highest BCUT2D eigenvalue weighted by Crippen LogP contribution is 2.56. The molecule has 15 heteroatoms. The number of nitrogens with zero attached hydrogens (tertiary/aromatic N) is 3. The molecule has 6 fully saturated rings. The molecule has 70 heavy (non-hydrogen) atoms. The molecule has 3 saturated heterocycles. The molecule has 3 aromatic rings. The number of aliphatic hydroxyl groups is 3. The molecule has 392 valence electrons. The van der Waals surface area contributed by atoms with Crippen LogP contribution in [0.15, 0.2) is 87.5 Å². The molecule has 0 amide bonds. The predicted octanol–water partition coefficient (Wildman–Crippen LogP) is 10.6. The van der Waals surface area contributed by atoms with E-state index in [-0.39, 0.29) is 58.0 Å². The van der Waals surface area contributed by atoms with Gasteiger partial charge in [0, 0.05) is 37.8 Å². The highest BCUT2D eigenvalue weighted by Gasteiger charge is 2.55. The minimum atomic E-state index is -3.47. The van der Waals surface area contributed by atoms with E-state index in [9.17, 15) is 40.6 Å². The Balaban J connectivity index is 0.000000171. The number of rotatable bonds is 9. The Labute approximate surface area is 422 Å². The molecule has 0 aromatic heterocycles. The Morgan fingerprint density at radius 1 is 0.400 bits per heavy atom. The Kier molecular flexibility index (Phi) is 15.8. The number of hydrogen-bond acceptors (Lipinski definition) is 9. The Morgan fingerprint density at radius 2 is 0.600 bits per heavy atom. The highest BCUT2D eigenvalue weighted by atomic mass is 32.2. The molecule has 9 rings (SSSR count). The summed E-state index contributed by atoms with van der Waals surface area (Å²) in [7, 11) is -10.4. The first-order valence-corrected chi connectivity index (χ1v) is 29.3. The molecule has 3 aliphatic carbocycles. The van der Waals surface area contributed by atoms with Crippen molar-refractivity contribution in [1.82, 2.24) is 12.9 Å². The zero-order chi connectivity index (χ0) is 51.1. The van der Waals surface area contributed by atoms with E-state index in [0.717, 1.165) is 74.5 Å². The molecule has 3 aliphatic heterocycles. The van der Waals surface area contributed by atoms with Crippen molar-refractivity contribution in [2.45, 2.75) is 199 Å². The molecule has 3 N–H and O–H groups in total. The third-order valence-corrected chi connectivity index (χ3v) is 21.7. The second-order valence-electron chi connectivity index (χ2n) is 25.5. The van der Waals surface area contributed by atoms with E-state index in [1.54, 1.807) is 106 Å². The van der Waals surface area contributed by atoms with Gasteiger partial charge < -0.3 is 15.3 Å². The zero-order valence-electron chi connectivity index (χ0n) is 43.2. The van der Waals surface area contributed by atoms with Crippen molar-refractivity contribution < 1.29 is 40.6 Å². The van der Waals surface area contributed by atoms with Crippen molar-refractivity contribution in [3.8, 4) is 0 Å². The molecular formula is C55H85N3O9S3. The van der Waals surface area contributed by atoms with Crippen LogP contribution in [0.3, 0.4) is 0 Å². The maximum atomic E-state index is 13.1. The Bertz CT molecular complexity index is 2370. The van der Waals surface area contributed by atoms with Gasteiger partial charge in [-0.3, -0.25) is 0 Å². The fourth-order valence-electron chi connectivity index (χ4n) is 14.2. The fraction of sp³-hybridized carbons (Fsp3) is 0.673. The van der Waals surface area contributed by atoms with Gasteiger partial charge in [-0.25, -0.2) is 25.3 Å². The van der Waals surface area contributed by atoms with Crippen molar-refractivity contribution in [2.24, 2.45) is 32.5 Å². The lowest BCUT2D eigenvalue weighted by atomic mass is 9.65. The third kappa shape index (κ3) is 11.9. The topological polar surface area (TPSA) is 173 Å². The summed E-state index contributed by atoms with van der Waals surface area (Å²) in [5, 5.41) is 28.8. The zero-order valence-corrected chi connectivity index (χ0v) is 45.7. The van der Waals surface area contributed by atoms with Crippen molar-refractivity contribution in [3.63, 3.8) is 0 Å². The second-order valence-corrected chi connectivity index (χ2v) is 31.2. The van der Waals surface area contributed by atoms with Crippen molar-refractivity contribution in [3.05, 3.63) is 89.5 Å². The Hall–Kier alpha value is -2.73. The van der Waals surface area contributed by atoms with E-state index in [4.69, 9.17) is 0 Å². The lowest BCUT2D eigenvalue weighted by molar-refractivity contribution is 0.132. The molecular weight excluding hydrogens is 943 g/mol. The van der Waals surface area contributed by atoms with Gasteiger partial charge in [0.2, 0.25) is 30.1 Å². The van der Waals surface area contributed by atoms with Crippen molar-refractivity contribution >= 4 is 30.1 Å². The quantitative estimate of drug-likeness (QED) is 0.189. The molecule has 0 spiro atoms. The first kappa shape index (κ1) is 56.6. The Morgan fingerprint density at radius 3 is 0.786 bits per heavy atom. The molecule has 6 bridgehead atoms. The van der Waals surface area contributed by atoms with Gasteiger partial charge in [-0.1, -0.05) is 106 Å². The average Bonchev–Trinajstić information content (AvgIpc) is 3.77. The van der Waals surface area contributed by atoms with Crippen LogP contribution in [0.5, 0.6) is 0 Å². The van der Waals surface area contributed by atoms with E-state index >= 15 is 0 Å². The van der Waals surface area contributed by atoms with Gasteiger partial charge in [0.05, 0.1) is 33.0 Å². The molecule has 9 unspecified atom stereocenters. The highest BCUT2D eigenvalue weighted by molar-refractivity contribution is 7.89. The normalized spacial score (nSPS) is 31.5. The number of sulfonamides is 3. The summed E-state index contributed by atoms with van der Waals surface area (Å²) < 4.78 is 83.6. The van der Waals surface area contributed by atoms with Gasteiger partial charge in [-0.15, -0.1) is 0 Å². The smallest absolute Gasteiger partial charge is 0.243 e. The van der Waals surface area contributed by atoms with Crippen LogP contribution in [0.1, 0.15) is 183 Å². The average molecular weight is 1030 g/mol. The fourth-order valence-corrected chi connectivity index (χ4v) is 19.6. The third-order valence-electron chi connectivity index (χ3n) is 16.0.